The van der Waals surface area contributed by atoms with Crippen LogP contribution >= 0.6 is 11.8 Å². The van der Waals surface area contributed by atoms with Gasteiger partial charge >= 0.3 is 0 Å². The second-order valence-corrected chi connectivity index (χ2v) is 7.46. The lowest BCUT2D eigenvalue weighted by molar-refractivity contribution is 0.213. The highest BCUT2D eigenvalue weighted by Crippen LogP contribution is 2.21. The average Bonchev–Trinajstić information content (AvgIpc) is 2.48. The van der Waals surface area contributed by atoms with Gasteiger partial charge in [-0.2, -0.15) is 11.8 Å². The van der Waals surface area contributed by atoms with Gasteiger partial charge in [0.1, 0.15) is 0 Å². The molecule has 0 aliphatic carbocycles. The summed E-state index contributed by atoms with van der Waals surface area (Å²) in [5.74, 6) is 2.53. The van der Waals surface area contributed by atoms with Crippen LogP contribution in [-0.4, -0.2) is 48.6 Å². The summed E-state index contributed by atoms with van der Waals surface area (Å²) in [4.78, 5) is 2.55. The molecule has 2 rings (SSSR count). The Hall–Kier alpha value is -0.510. The summed E-state index contributed by atoms with van der Waals surface area (Å²) in [5.41, 5.74) is 4.27. The van der Waals surface area contributed by atoms with Crippen molar-refractivity contribution in [2.24, 2.45) is 0 Å². The minimum absolute atomic E-state index is 0.560. The zero-order valence-corrected chi connectivity index (χ0v) is 14.8. The van der Waals surface area contributed by atoms with Gasteiger partial charge in [-0.05, 0) is 57.0 Å². The normalized spacial score (nSPS) is 21.4. The molecule has 118 valence electrons. The fourth-order valence-electron chi connectivity index (χ4n) is 2.99. The number of nitrogens with one attached hydrogen (secondary N) is 1. The largest absolute Gasteiger partial charge is 0.312 e. The van der Waals surface area contributed by atoms with Crippen molar-refractivity contribution in [2.45, 2.75) is 45.7 Å². The van der Waals surface area contributed by atoms with Crippen LogP contribution in [0.5, 0.6) is 0 Å². The smallest absolute Gasteiger partial charge is 0.0340 e. The molecule has 0 amide bonds. The number of nitrogens with zero attached hydrogens (tertiary/aromatic N) is 1. The first-order valence-corrected chi connectivity index (χ1v) is 9.34. The first kappa shape index (κ1) is 16.9. The molecule has 1 aromatic carbocycles. The Balaban J connectivity index is 2.09. The minimum Gasteiger partial charge on any atom is -0.312 e. The van der Waals surface area contributed by atoms with E-state index in [0.29, 0.717) is 12.1 Å². The van der Waals surface area contributed by atoms with E-state index < -0.39 is 0 Å². The standard InChI is InChI=1S/C18H30N2S/c1-5-8-19-17(18-13-21-10-9-20(18)4)12-16-7-6-14(2)15(3)11-16/h6-7,11,17-19H,5,8-10,12-13H2,1-4H3. The van der Waals surface area contributed by atoms with E-state index >= 15 is 0 Å². The number of rotatable bonds is 6. The lowest BCUT2D eigenvalue weighted by atomic mass is 9.96. The molecular weight excluding hydrogens is 276 g/mol. The Morgan fingerprint density at radius 3 is 2.81 bits per heavy atom. The van der Waals surface area contributed by atoms with E-state index in [2.05, 4.69) is 68.0 Å². The van der Waals surface area contributed by atoms with Crippen LogP contribution in [0.3, 0.4) is 0 Å². The van der Waals surface area contributed by atoms with E-state index in [9.17, 15) is 0 Å². The summed E-state index contributed by atoms with van der Waals surface area (Å²) < 4.78 is 0. The third-order valence-electron chi connectivity index (χ3n) is 4.59. The number of benzene rings is 1. The summed E-state index contributed by atoms with van der Waals surface area (Å²) >= 11 is 2.10. The van der Waals surface area contributed by atoms with Crippen LogP contribution in [0.25, 0.3) is 0 Å². The molecule has 1 aliphatic rings. The van der Waals surface area contributed by atoms with E-state index in [-0.39, 0.29) is 0 Å². The van der Waals surface area contributed by atoms with Gasteiger partial charge in [0.15, 0.2) is 0 Å². The van der Waals surface area contributed by atoms with Gasteiger partial charge in [-0.3, -0.25) is 0 Å². The van der Waals surface area contributed by atoms with Crippen molar-refractivity contribution in [3.05, 3.63) is 34.9 Å². The molecule has 1 N–H and O–H groups in total. The quantitative estimate of drug-likeness (QED) is 0.868. The Kier molecular flexibility index (Phi) is 6.59. The van der Waals surface area contributed by atoms with E-state index in [1.54, 1.807) is 0 Å². The molecule has 2 unspecified atom stereocenters. The van der Waals surface area contributed by atoms with Gasteiger partial charge in [0.2, 0.25) is 0 Å². The van der Waals surface area contributed by atoms with E-state index in [0.717, 1.165) is 13.0 Å². The lowest BCUT2D eigenvalue weighted by Crippen LogP contribution is -2.53. The Morgan fingerprint density at radius 1 is 1.33 bits per heavy atom. The monoisotopic (exact) mass is 306 g/mol. The van der Waals surface area contributed by atoms with Crippen molar-refractivity contribution >= 4 is 11.8 Å². The fourth-order valence-corrected chi connectivity index (χ4v) is 4.30. The number of aryl methyl sites for hydroxylation is 2. The van der Waals surface area contributed by atoms with E-state index in [1.165, 1.54) is 41.2 Å². The second-order valence-electron chi connectivity index (χ2n) is 6.31. The van der Waals surface area contributed by atoms with Crippen molar-refractivity contribution < 1.29 is 0 Å². The molecule has 2 atom stereocenters. The highest BCUT2D eigenvalue weighted by molar-refractivity contribution is 7.99. The van der Waals surface area contributed by atoms with Crippen molar-refractivity contribution in [3.8, 4) is 0 Å². The van der Waals surface area contributed by atoms with Crippen molar-refractivity contribution in [1.29, 1.82) is 0 Å². The molecule has 1 aliphatic heterocycles. The van der Waals surface area contributed by atoms with Gasteiger partial charge in [-0.15, -0.1) is 0 Å². The highest BCUT2D eigenvalue weighted by atomic mass is 32.2. The first-order chi connectivity index (χ1) is 10.1. The third kappa shape index (κ3) is 4.73. The van der Waals surface area contributed by atoms with Crippen LogP contribution in [0.2, 0.25) is 0 Å². The van der Waals surface area contributed by atoms with Gasteiger partial charge in [0, 0.05) is 30.1 Å². The maximum atomic E-state index is 3.80. The maximum Gasteiger partial charge on any atom is 0.0340 e. The Bertz CT molecular complexity index is 447. The van der Waals surface area contributed by atoms with Crippen LogP contribution in [-0.2, 0) is 6.42 Å². The van der Waals surface area contributed by atoms with Crippen LogP contribution in [0.1, 0.15) is 30.0 Å². The molecule has 0 spiro atoms. The molecule has 1 fully saturated rings. The van der Waals surface area contributed by atoms with Gasteiger partial charge in [0.05, 0.1) is 0 Å². The zero-order chi connectivity index (χ0) is 15.2. The fraction of sp³-hybridized carbons (Fsp3) is 0.667. The van der Waals surface area contributed by atoms with Crippen LogP contribution in [0.15, 0.2) is 18.2 Å². The van der Waals surface area contributed by atoms with Crippen LogP contribution in [0.4, 0.5) is 0 Å². The molecule has 0 aromatic heterocycles. The SMILES string of the molecule is CCCNC(Cc1ccc(C)c(C)c1)C1CSCCN1C. The summed E-state index contributed by atoms with van der Waals surface area (Å²) in [6.07, 6.45) is 2.34. The predicted molar refractivity (Wildman–Crippen MR) is 95.4 cm³/mol. The Labute approximate surface area is 134 Å². The molecule has 21 heavy (non-hydrogen) atoms. The summed E-state index contributed by atoms with van der Waals surface area (Å²) in [5, 5.41) is 3.80. The molecular formula is C18H30N2S. The molecule has 1 saturated heterocycles. The average molecular weight is 307 g/mol. The van der Waals surface area contributed by atoms with Crippen molar-refractivity contribution in [1.82, 2.24) is 10.2 Å². The molecule has 0 radical (unpaired) electrons. The topological polar surface area (TPSA) is 15.3 Å². The molecule has 1 aromatic rings. The maximum absolute atomic E-state index is 3.80. The number of hydrogen-bond donors (Lipinski definition) is 1. The molecule has 0 saturated carbocycles. The van der Waals surface area contributed by atoms with Gasteiger partial charge in [-0.1, -0.05) is 25.1 Å². The van der Waals surface area contributed by atoms with Gasteiger partial charge < -0.3 is 10.2 Å². The molecule has 2 nitrogen and oxygen atoms in total. The van der Waals surface area contributed by atoms with Crippen molar-refractivity contribution in [3.63, 3.8) is 0 Å². The summed E-state index contributed by atoms with van der Waals surface area (Å²) in [6.45, 7) is 8.99. The molecule has 3 heteroatoms. The molecule has 0 bridgehead atoms. The van der Waals surface area contributed by atoms with Crippen LogP contribution < -0.4 is 5.32 Å². The number of hydrogen-bond acceptors (Lipinski definition) is 3. The highest BCUT2D eigenvalue weighted by Gasteiger charge is 2.27. The molecule has 1 heterocycles. The lowest BCUT2D eigenvalue weighted by Gasteiger charge is -2.38. The number of thioether (sulfide) groups is 1. The minimum atomic E-state index is 0.560. The second kappa shape index (κ2) is 8.21. The van der Waals surface area contributed by atoms with Gasteiger partial charge in [0.25, 0.3) is 0 Å². The zero-order valence-electron chi connectivity index (χ0n) is 14.0. The predicted octanol–water partition coefficient (Wildman–Crippen LogP) is 3.26. The van der Waals surface area contributed by atoms with Crippen LogP contribution in [0, 0.1) is 13.8 Å². The third-order valence-corrected chi connectivity index (χ3v) is 5.64. The Morgan fingerprint density at radius 2 is 2.14 bits per heavy atom. The van der Waals surface area contributed by atoms with Gasteiger partial charge in [-0.25, -0.2) is 0 Å². The van der Waals surface area contributed by atoms with Crippen molar-refractivity contribution in [2.75, 3.05) is 31.6 Å². The van der Waals surface area contributed by atoms with E-state index in [1.807, 2.05) is 0 Å². The summed E-state index contributed by atoms with van der Waals surface area (Å²) in [6, 6.07) is 8.15. The first-order valence-electron chi connectivity index (χ1n) is 8.19. The summed E-state index contributed by atoms with van der Waals surface area (Å²) in [7, 11) is 2.28. The number of likely N-dealkylation sites (N-methyl/N-ethyl adjacent to an activating group) is 1. The van der Waals surface area contributed by atoms with E-state index in [4.69, 9.17) is 0 Å².